The van der Waals surface area contributed by atoms with Crippen LogP contribution in [0.25, 0.3) is 22.3 Å². The van der Waals surface area contributed by atoms with Gasteiger partial charge in [-0.1, -0.05) is 12.1 Å². The van der Waals surface area contributed by atoms with Gasteiger partial charge in [-0.25, -0.2) is 14.2 Å². The van der Waals surface area contributed by atoms with Crippen molar-refractivity contribution in [3.63, 3.8) is 0 Å². The molecule has 2 aliphatic heterocycles. The largest absolute Gasteiger partial charge is 0.490 e. The minimum absolute atomic E-state index is 0.0693. The second-order valence-electron chi connectivity index (χ2n) is 11.1. The van der Waals surface area contributed by atoms with Gasteiger partial charge < -0.3 is 25.4 Å². The van der Waals surface area contributed by atoms with Crippen LogP contribution >= 0.6 is 0 Å². The number of carbonyl (C=O) groups excluding carboxylic acids is 2. The van der Waals surface area contributed by atoms with Crippen LogP contribution < -0.4 is 15.8 Å². The standard InChI is InChI=1S/C30H32F2N4O4/c1-30(2,3)40-29(38)36-12-9-20(10-13-36)39-19-6-4-17(5-7-19)21-15-24(27(33)35-26(21)32)23-14-18-8-11-34-28(37)22(18)16-25(23)31/h4-7,14-16,20H,8-13H2,1-3H3,(H2,33,35)(H,34,37). The summed E-state index contributed by atoms with van der Waals surface area (Å²) >= 11 is 0. The Labute approximate surface area is 231 Å². The van der Waals surface area contributed by atoms with Crippen molar-refractivity contribution >= 4 is 17.8 Å². The number of hydrogen-bond donors (Lipinski definition) is 2. The molecule has 8 nitrogen and oxygen atoms in total. The molecule has 0 spiro atoms. The maximum Gasteiger partial charge on any atom is 0.410 e. The number of benzene rings is 2. The first kappa shape index (κ1) is 27.4. The van der Waals surface area contributed by atoms with Gasteiger partial charge >= 0.3 is 6.09 Å². The van der Waals surface area contributed by atoms with Gasteiger partial charge in [-0.3, -0.25) is 4.79 Å². The molecule has 1 saturated heterocycles. The van der Waals surface area contributed by atoms with E-state index >= 15 is 4.39 Å². The number of rotatable bonds is 4. The zero-order chi connectivity index (χ0) is 28.6. The molecule has 10 heteroatoms. The number of ether oxygens (including phenoxy) is 2. The number of halogens is 2. The number of pyridine rings is 1. The van der Waals surface area contributed by atoms with Gasteiger partial charge in [0.15, 0.2) is 0 Å². The minimum atomic E-state index is -0.776. The number of nitrogen functional groups attached to an aromatic ring is 1. The summed E-state index contributed by atoms with van der Waals surface area (Å²) in [6.45, 7) is 7.04. The number of fused-ring (bicyclic) bond motifs is 1. The van der Waals surface area contributed by atoms with Crippen molar-refractivity contribution in [2.75, 3.05) is 25.4 Å². The van der Waals surface area contributed by atoms with Gasteiger partial charge in [0.05, 0.1) is 0 Å². The van der Waals surface area contributed by atoms with Crippen LogP contribution in [0.4, 0.5) is 19.4 Å². The number of nitrogens with zero attached hydrogens (tertiary/aromatic N) is 2. The molecular formula is C30H32F2N4O4. The average molecular weight is 551 g/mol. The quantitative estimate of drug-likeness (QED) is 0.425. The van der Waals surface area contributed by atoms with Crippen molar-refractivity contribution in [3.8, 4) is 28.0 Å². The van der Waals surface area contributed by atoms with Crippen molar-refractivity contribution in [2.24, 2.45) is 0 Å². The fourth-order valence-corrected chi connectivity index (χ4v) is 4.96. The van der Waals surface area contributed by atoms with E-state index in [0.29, 0.717) is 55.8 Å². The summed E-state index contributed by atoms with van der Waals surface area (Å²) in [5, 5.41) is 2.69. The molecule has 0 radical (unpaired) electrons. The van der Waals surface area contributed by atoms with Gasteiger partial charge in [-0.2, -0.15) is 4.39 Å². The van der Waals surface area contributed by atoms with E-state index in [1.807, 2.05) is 20.8 Å². The molecule has 1 aromatic heterocycles. The van der Waals surface area contributed by atoms with E-state index in [9.17, 15) is 14.0 Å². The number of nitrogens with one attached hydrogen (secondary N) is 1. The van der Waals surface area contributed by atoms with Crippen molar-refractivity contribution in [1.82, 2.24) is 15.2 Å². The number of likely N-dealkylation sites (tertiary alicyclic amines) is 1. The topological polar surface area (TPSA) is 107 Å². The third kappa shape index (κ3) is 5.85. The Kier molecular flexibility index (Phi) is 7.35. The maximum atomic E-state index is 15.1. The summed E-state index contributed by atoms with van der Waals surface area (Å²) in [5.41, 5.74) is 7.55. The van der Waals surface area contributed by atoms with E-state index in [1.54, 1.807) is 35.2 Å². The Bertz CT molecular complexity index is 1450. The molecule has 1 fully saturated rings. The Hall–Kier alpha value is -4.21. The highest BCUT2D eigenvalue weighted by atomic mass is 19.1. The highest BCUT2D eigenvalue weighted by Gasteiger charge is 2.28. The first-order chi connectivity index (χ1) is 19.0. The summed E-state index contributed by atoms with van der Waals surface area (Å²) in [7, 11) is 0. The van der Waals surface area contributed by atoms with Crippen molar-refractivity contribution in [3.05, 3.63) is 65.4 Å². The number of anilines is 1. The molecule has 0 saturated carbocycles. The van der Waals surface area contributed by atoms with Crippen LogP contribution in [0.5, 0.6) is 5.75 Å². The highest BCUT2D eigenvalue weighted by molar-refractivity contribution is 5.97. The van der Waals surface area contributed by atoms with Crippen LogP contribution in [-0.4, -0.2) is 53.2 Å². The zero-order valence-corrected chi connectivity index (χ0v) is 22.7. The molecular weight excluding hydrogens is 518 g/mol. The minimum Gasteiger partial charge on any atom is -0.490 e. The normalized spacial score (nSPS) is 15.8. The van der Waals surface area contributed by atoms with Crippen LogP contribution in [0.15, 0.2) is 42.5 Å². The van der Waals surface area contributed by atoms with E-state index in [4.69, 9.17) is 15.2 Å². The van der Waals surface area contributed by atoms with Gasteiger partial charge in [0.1, 0.15) is 29.1 Å². The van der Waals surface area contributed by atoms with Crippen LogP contribution in [-0.2, 0) is 11.2 Å². The second-order valence-corrected chi connectivity index (χ2v) is 11.1. The smallest absolute Gasteiger partial charge is 0.410 e. The molecule has 40 heavy (non-hydrogen) atoms. The van der Waals surface area contributed by atoms with Crippen LogP contribution in [0.2, 0.25) is 0 Å². The lowest BCUT2D eigenvalue weighted by Crippen LogP contribution is -2.44. The molecule has 0 atom stereocenters. The molecule has 3 heterocycles. The van der Waals surface area contributed by atoms with Gasteiger partial charge in [0.25, 0.3) is 5.91 Å². The number of amides is 2. The van der Waals surface area contributed by atoms with E-state index in [-0.39, 0.29) is 46.2 Å². The Morgan fingerprint density at radius 2 is 1.73 bits per heavy atom. The first-order valence-corrected chi connectivity index (χ1v) is 13.3. The van der Waals surface area contributed by atoms with Gasteiger partial charge in [0, 0.05) is 54.7 Å². The second kappa shape index (κ2) is 10.7. The summed E-state index contributed by atoms with van der Waals surface area (Å²) < 4.78 is 41.5. The molecule has 210 valence electrons. The van der Waals surface area contributed by atoms with Gasteiger partial charge in [0.2, 0.25) is 5.95 Å². The highest BCUT2D eigenvalue weighted by Crippen LogP contribution is 2.35. The molecule has 3 aromatic rings. The van der Waals surface area contributed by atoms with E-state index in [0.717, 1.165) is 0 Å². The van der Waals surface area contributed by atoms with Crippen LogP contribution in [0.3, 0.4) is 0 Å². The predicted octanol–water partition coefficient (Wildman–Crippen LogP) is 5.34. The summed E-state index contributed by atoms with van der Waals surface area (Å²) in [6.07, 6.45) is 1.48. The zero-order valence-electron chi connectivity index (χ0n) is 22.7. The number of nitrogens with two attached hydrogens (primary N) is 1. The number of aromatic nitrogens is 1. The summed E-state index contributed by atoms with van der Waals surface area (Å²) in [5.74, 6) is -1.26. The molecule has 5 rings (SSSR count). The van der Waals surface area contributed by atoms with Crippen molar-refractivity contribution < 1.29 is 27.8 Å². The van der Waals surface area contributed by atoms with E-state index < -0.39 is 17.4 Å². The summed E-state index contributed by atoms with van der Waals surface area (Å²) in [6, 6.07) is 11.1. The molecule has 2 amide bonds. The molecule has 0 bridgehead atoms. The maximum absolute atomic E-state index is 15.1. The Morgan fingerprint density at radius 1 is 1.02 bits per heavy atom. The third-order valence-electron chi connectivity index (χ3n) is 6.97. The molecule has 0 unspecified atom stereocenters. The lowest BCUT2D eigenvalue weighted by molar-refractivity contribution is 0.0126. The lowest BCUT2D eigenvalue weighted by atomic mass is 9.93. The Morgan fingerprint density at radius 3 is 2.40 bits per heavy atom. The molecule has 2 aliphatic rings. The van der Waals surface area contributed by atoms with E-state index in [2.05, 4.69) is 10.3 Å². The average Bonchev–Trinajstić information content (AvgIpc) is 2.89. The van der Waals surface area contributed by atoms with Crippen molar-refractivity contribution in [2.45, 2.75) is 51.7 Å². The molecule has 3 N–H and O–H groups in total. The predicted molar refractivity (Wildman–Crippen MR) is 147 cm³/mol. The number of carbonyl (C=O) groups is 2. The summed E-state index contributed by atoms with van der Waals surface area (Å²) in [4.78, 5) is 29.9. The molecule has 2 aromatic carbocycles. The first-order valence-electron chi connectivity index (χ1n) is 13.3. The lowest BCUT2D eigenvalue weighted by Gasteiger charge is -2.33. The molecule has 0 aliphatic carbocycles. The fourth-order valence-electron chi connectivity index (χ4n) is 4.96. The fraction of sp³-hybridized carbons (Fsp3) is 0.367. The number of piperidine rings is 1. The SMILES string of the molecule is CC(C)(C)OC(=O)N1CCC(Oc2ccc(-c3cc(-c4cc5c(cc4F)C(=O)NCC5)c(N)nc3F)cc2)CC1. The van der Waals surface area contributed by atoms with Gasteiger partial charge in [-0.15, -0.1) is 0 Å². The monoisotopic (exact) mass is 550 g/mol. The van der Waals surface area contributed by atoms with Crippen molar-refractivity contribution in [1.29, 1.82) is 0 Å². The third-order valence-corrected chi connectivity index (χ3v) is 6.97. The van der Waals surface area contributed by atoms with Crippen LogP contribution in [0.1, 0.15) is 49.5 Å². The number of hydrogen-bond acceptors (Lipinski definition) is 6. The Balaban J connectivity index is 1.30. The van der Waals surface area contributed by atoms with E-state index in [1.165, 1.54) is 12.1 Å². The van der Waals surface area contributed by atoms with Gasteiger partial charge in [-0.05, 0) is 68.7 Å². The van der Waals surface area contributed by atoms with Crippen LogP contribution in [0, 0.1) is 11.8 Å².